The third-order valence-electron chi connectivity index (χ3n) is 9.86. The number of carbonyl (C=O) groups is 2. The summed E-state index contributed by atoms with van der Waals surface area (Å²) >= 11 is 14.2. The molecule has 10 nitrogen and oxygen atoms in total. The molecule has 2 N–H and O–H groups in total. The van der Waals surface area contributed by atoms with Crippen LogP contribution in [0.25, 0.3) is 33.6 Å². The van der Waals surface area contributed by atoms with Crippen molar-refractivity contribution >= 4 is 35.0 Å². The van der Waals surface area contributed by atoms with E-state index in [1.807, 2.05) is 60.7 Å². The number of rotatable bonds is 10. The van der Waals surface area contributed by atoms with Crippen molar-refractivity contribution in [2.45, 2.75) is 50.9 Å². The summed E-state index contributed by atoms with van der Waals surface area (Å²) in [5, 5.41) is 7.20. The summed E-state index contributed by atoms with van der Waals surface area (Å²) in [6.07, 6.45) is 2.40. The van der Waals surface area contributed by atoms with Gasteiger partial charge >= 0.3 is 0 Å². The molecule has 3 saturated heterocycles. The second-order valence-corrected chi connectivity index (χ2v) is 14.2. The Morgan fingerprint density at radius 1 is 0.860 bits per heavy atom. The van der Waals surface area contributed by atoms with Gasteiger partial charge in [0.2, 0.25) is 23.6 Å². The first-order valence-corrected chi connectivity index (χ1v) is 17.6. The first-order valence-electron chi connectivity index (χ1n) is 16.8. The molecule has 50 heavy (non-hydrogen) atoms. The van der Waals surface area contributed by atoms with Gasteiger partial charge in [0.25, 0.3) is 0 Å². The standard InChI is InChI=1S/C38H40Cl2N6O4/c1-23(47)41-26-15-17-45(20-26)18-24-10-12-31(42-36(24)49-2)29-8-4-6-27(34(29)39)28-7-5-9-30(35(28)40)32-13-11-25(37(43-32)50-3)19-46-21-38(22-46)16-14-33(48)44-38/h4-13,26H,14-22H2,1-3H3,(H,41,47)(H,44,48). The summed E-state index contributed by atoms with van der Waals surface area (Å²) in [4.78, 5) is 37.5. The van der Waals surface area contributed by atoms with Crippen molar-refractivity contribution in [2.75, 3.05) is 40.4 Å². The SMILES string of the molecule is COc1nc(-c2cccc(-c3cccc(-c4ccc(CN5CC6(CCC(=O)N6)C5)c(OC)n4)c3Cl)c2Cl)ccc1CN1CCC(NC(C)=O)C1. The first-order chi connectivity index (χ1) is 24.1. The number of hydrogen-bond acceptors (Lipinski definition) is 8. The van der Waals surface area contributed by atoms with Gasteiger partial charge in [0.05, 0.1) is 41.2 Å². The van der Waals surface area contributed by atoms with Crippen LogP contribution in [-0.4, -0.2) is 83.6 Å². The van der Waals surface area contributed by atoms with E-state index in [1.165, 1.54) is 0 Å². The Morgan fingerprint density at radius 2 is 1.40 bits per heavy atom. The molecule has 2 amide bonds. The maximum absolute atomic E-state index is 11.7. The maximum Gasteiger partial charge on any atom is 0.220 e. The van der Waals surface area contributed by atoms with E-state index >= 15 is 0 Å². The quantitative estimate of drug-likeness (QED) is 0.207. The Kier molecular flexibility index (Phi) is 9.72. The van der Waals surface area contributed by atoms with Gasteiger partial charge in [-0.05, 0) is 25.0 Å². The molecule has 3 aliphatic rings. The molecular formula is C38H40Cl2N6O4. The van der Waals surface area contributed by atoms with Crippen LogP contribution in [0, 0.1) is 0 Å². The molecule has 0 radical (unpaired) electrons. The maximum atomic E-state index is 11.7. The highest BCUT2D eigenvalue weighted by molar-refractivity contribution is 6.39. The zero-order valence-electron chi connectivity index (χ0n) is 28.4. The fourth-order valence-electron chi connectivity index (χ4n) is 7.50. The lowest BCUT2D eigenvalue weighted by Gasteiger charge is -2.48. The molecule has 5 heterocycles. The van der Waals surface area contributed by atoms with Gasteiger partial charge in [-0.3, -0.25) is 19.4 Å². The number of amides is 2. The van der Waals surface area contributed by atoms with Crippen LogP contribution in [0.5, 0.6) is 11.8 Å². The molecule has 0 bridgehead atoms. The van der Waals surface area contributed by atoms with Gasteiger partial charge < -0.3 is 20.1 Å². The van der Waals surface area contributed by atoms with E-state index in [0.29, 0.717) is 52.7 Å². The van der Waals surface area contributed by atoms with Crippen molar-refractivity contribution in [1.29, 1.82) is 0 Å². The van der Waals surface area contributed by atoms with Gasteiger partial charge in [-0.15, -0.1) is 0 Å². The van der Waals surface area contributed by atoms with Crippen LogP contribution in [0.3, 0.4) is 0 Å². The average Bonchev–Trinajstić information content (AvgIpc) is 3.70. The van der Waals surface area contributed by atoms with Gasteiger partial charge in [-0.1, -0.05) is 71.7 Å². The number of nitrogens with zero attached hydrogens (tertiary/aromatic N) is 4. The summed E-state index contributed by atoms with van der Waals surface area (Å²) in [5.74, 6) is 1.21. The van der Waals surface area contributed by atoms with Crippen molar-refractivity contribution in [3.8, 4) is 45.4 Å². The van der Waals surface area contributed by atoms with Crippen LogP contribution in [0.2, 0.25) is 10.0 Å². The Balaban J connectivity index is 1.11. The zero-order valence-corrected chi connectivity index (χ0v) is 29.9. The number of likely N-dealkylation sites (tertiary alicyclic amines) is 2. The predicted octanol–water partition coefficient (Wildman–Crippen LogP) is 5.98. The molecule has 2 aromatic carbocycles. The number of benzene rings is 2. The average molecular weight is 716 g/mol. The molecular weight excluding hydrogens is 675 g/mol. The highest BCUT2D eigenvalue weighted by Crippen LogP contribution is 2.43. The van der Waals surface area contributed by atoms with Crippen LogP contribution in [0.1, 0.15) is 37.3 Å². The van der Waals surface area contributed by atoms with Crippen LogP contribution in [0.4, 0.5) is 0 Å². The Hall–Kier alpha value is -4.22. The number of nitrogens with one attached hydrogen (secondary N) is 2. The predicted molar refractivity (Wildman–Crippen MR) is 194 cm³/mol. The van der Waals surface area contributed by atoms with Crippen molar-refractivity contribution in [3.63, 3.8) is 0 Å². The smallest absolute Gasteiger partial charge is 0.220 e. The van der Waals surface area contributed by atoms with Crippen molar-refractivity contribution in [2.24, 2.45) is 0 Å². The fraction of sp³-hybridized carbons (Fsp3) is 0.368. The van der Waals surface area contributed by atoms with E-state index in [4.69, 9.17) is 42.6 Å². The Morgan fingerprint density at radius 3 is 1.90 bits per heavy atom. The number of aromatic nitrogens is 2. The topological polar surface area (TPSA) is 109 Å². The van der Waals surface area contributed by atoms with E-state index < -0.39 is 0 Å². The largest absolute Gasteiger partial charge is 0.481 e. The Labute approximate surface area is 302 Å². The molecule has 1 unspecified atom stereocenters. The van der Waals surface area contributed by atoms with E-state index in [-0.39, 0.29) is 23.4 Å². The van der Waals surface area contributed by atoms with Gasteiger partial charge in [0, 0.05) is 92.0 Å². The number of carbonyl (C=O) groups excluding carboxylic acids is 2. The minimum Gasteiger partial charge on any atom is -0.481 e. The van der Waals surface area contributed by atoms with Crippen molar-refractivity contribution < 1.29 is 19.1 Å². The van der Waals surface area contributed by atoms with Crippen molar-refractivity contribution in [3.05, 3.63) is 81.8 Å². The van der Waals surface area contributed by atoms with Crippen LogP contribution >= 0.6 is 23.2 Å². The van der Waals surface area contributed by atoms with E-state index in [2.05, 4.69) is 20.4 Å². The number of methoxy groups -OCH3 is 2. The van der Waals surface area contributed by atoms with Crippen molar-refractivity contribution in [1.82, 2.24) is 30.4 Å². The van der Waals surface area contributed by atoms with Gasteiger partial charge in [-0.2, -0.15) is 0 Å². The minimum absolute atomic E-state index is 0.00669. The lowest BCUT2D eigenvalue weighted by atomic mass is 9.88. The van der Waals surface area contributed by atoms with Crippen LogP contribution in [-0.2, 0) is 22.7 Å². The summed E-state index contributed by atoms with van der Waals surface area (Å²) in [6.45, 7) is 6.22. The highest BCUT2D eigenvalue weighted by Gasteiger charge is 2.47. The van der Waals surface area contributed by atoms with E-state index in [1.54, 1.807) is 21.1 Å². The summed E-state index contributed by atoms with van der Waals surface area (Å²) in [6, 6.07) is 19.8. The first kappa shape index (κ1) is 34.2. The monoisotopic (exact) mass is 714 g/mol. The summed E-state index contributed by atoms with van der Waals surface area (Å²) in [7, 11) is 3.25. The molecule has 0 aliphatic carbocycles. The second-order valence-electron chi connectivity index (χ2n) is 13.5. The van der Waals surface area contributed by atoms with E-state index in [9.17, 15) is 9.59 Å². The molecule has 0 saturated carbocycles. The van der Waals surface area contributed by atoms with Gasteiger partial charge in [0.15, 0.2) is 0 Å². The molecule has 3 fully saturated rings. The summed E-state index contributed by atoms with van der Waals surface area (Å²) in [5.41, 5.74) is 6.31. The molecule has 2 aromatic heterocycles. The fourth-order valence-corrected chi connectivity index (χ4v) is 8.15. The Bertz CT molecular complexity index is 1950. The number of halogens is 2. The molecule has 260 valence electrons. The molecule has 12 heteroatoms. The normalized spacial score (nSPS) is 18.6. The van der Waals surface area contributed by atoms with Crippen LogP contribution < -0.4 is 20.1 Å². The second kappa shape index (κ2) is 14.2. The zero-order chi connectivity index (χ0) is 35.0. The molecule has 1 atom stereocenters. The van der Waals surface area contributed by atoms with E-state index in [0.717, 1.165) is 72.4 Å². The molecule has 7 rings (SSSR count). The lowest BCUT2D eigenvalue weighted by molar-refractivity contribution is -0.121. The number of hydrogen-bond donors (Lipinski definition) is 2. The third kappa shape index (κ3) is 6.90. The minimum atomic E-state index is -0.0795. The molecule has 4 aromatic rings. The third-order valence-corrected chi connectivity index (χ3v) is 10.7. The number of pyridine rings is 2. The summed E-state index contributed by atoms with van der Waals surface area (Å²) < 4.78 is 11.5. The lowest BCUT2D eigenvalue weighted by Crippen LogP contribution is -2.66. The van der Waals surface area contributed by atoms with Crippen LogP contribution in [0.15, 0.2) is 60.7 Å². The van der Waals surface area contributed by atoms with Gasteiger partial charge in [0.1, 0.15) is 0 Å². The molecule has 1 spiro atoms. The number of ether oxygens (including phenoxy) is 2. The highest BCUT2D eigenvalue weighted by atomic mass is 35.5. The molecule has 3 aliphatic heterocycles. The van der Waals surface area contributed by atoms with Gasteiger partial charge in [-0.25, -0.2) is 9.97 Å².